The summed E-state index contributed by atoms with van der Waals surface area (Å²) in [4.78, 5) is 37.6. The normalized spacial score (nSPS) is 26.6. The lowest BCUT2D eigenvalue weighted by molar-refractivity contribution is -0.129. The van der Waals surface area contributed by atoms with Gasteiger partial charge in [0.1, 0.15) is 17.3 Å². The van der Waals surface area contributed by atoms with Crippen molar-refractivity contribution in [2.45, 2.75) is 43.9 Å². The Kier molecular flexibility index (Phi) is 6.59. The van der Waals surface area contributed by atoms with Gasteiger partial charge in [-0.2, -0.15) is 0 Å². The van der Waals surface area contributed by atoms with Crippen molar-refractivity contribution in [1.29, 1.82) is 0 Å². The summed E-state index contributed by atoms with van der Waals surface area (Å²) in [7, 11) is 0. The average Bonchev–Trinajstić information content (AvgIpc) is 3.40. The van der Waals surface area contributed by atoms with Crippen LogP contribution in [0, 0.1) is 17.7 Å². The van der Waals surface area contributed by atoms with Crippen LogP contribution in [0.1, 0.15) is 36.0 Å². The Morgan fingerprint density at radius 1 is 1.03 bits per heavy atom. The quantitative estimate of drug-likeness (QED) is 0.601. The van der Waals surface area contributed by atoms with Gasteiger partial charge >= 0.3 is 0 Å². The van der Waals surface area contributed by atoms with Crippen LogP contribution >= 0.6 is 23.2 Å². The second-order valence-electron chi connectivity index (χ2n) is 9.26. The zero-order valence-electron chi connectivity index (χ0n) is 18.6. The molecule has 2 aromatic rings. The highest BCUT2D eigenvalue weighted by atomic mass is 35.5. The second-order valence-corrected chi connectivity index (χ2v) is 10.1. The fourth-order valence-corrected chi connectivity index (χ4v) is 5.60. The molecular formula is C25H23Cl2FN2O5. The Morgan fingerprint density at radius 3 is 2.49 bits per heavy atom. The minimum absolute atomic E-state index is 0.00432. The molecule has 1 aliphatic heterocycles. The number of ketones is 1. The van der Waals surface area contributed by atoms with Crippen LogP contribution in [0.3, 0.4) is 0 Å². The van der Waals surface area contributed by atoms with E-state index in [1.54, 1.807) is 18.2 Å². The van der Waals surface area contributed by atoms with Gasteiger partial charge in [-0.1, -0.05) is 23.2 Å². The molecular weight excluding hydrogens is 498 g/mol. The lowest BCUT2D eigenvalue weighted by atomic mass is 9.90. The number of ether oxygens (including phenoxy) is 2. The first-order chi connectivity index (χ1) is 16.8. The lowest BCUT2D eigenvalue weighted by Crippen LogP contribution is -2.50. The number of amides is 2. The molecule has 3 aliphatic rings. The first kappa shape index (κ1) is 23.9. The van der Waals surface area contributed by atoms with E-state index in [2.05, 4.69) is 10.6 Å². The Morgan fingerprint density at radius 2 is 1.77 bits per heavy atom. The summed E-state index contributed by atoms with van der Waals surface area (Å²) >= 11 is 11.6. The Balaban J connectivity index is 1.10. The molecule has 1 heterocycles. The third kappa shape index (κ3) is 5.09. The molecule has 2 amide bonds. The highest BCUT2D eigenvalue weighted by Gasteiger charge is 2.47. The van der Waals surface area contributed by atoms with Crippen LogP contribution in [0.2, 0.25) is 10.0 Å². The predicted octanol–water partition coefficient (Wildman–Crippen LogP) is 3.94. The summed E-state index contributed by atoms with van der Waals surface area (Å²) in [5.74, 6) is -0.315. The number of hydrogen-bond acceptors (Lipinski definition) is 5. The van der Waals surface area contributed by atoms with E-state index in [1.165, 1.54) is 12.1 Å². The number of carbonyl (C=O) groups is 3. The summed E-state index contributed by atoms with van der Waals surface area (Å²) in [6.07, 6.45) is 1.46. The molecule has 35 heavy (non-hydrogen) atoms. The molecule has 0 spiro atoms. The Bertz CT molecular complexity index is 1190. The fourth-order valence-electron chi connectivity index (χ4n) is 5.31. The van der Waals surface area contributed by atoms with E-state index in [0.29, 0.717) is 16.3 Å². The number of nitrogens with one attached hydrogen (secondary N) is 2. The van der Waals surface area contributed by atoms with Crippen molar-refractivity contribution in [3.63, 3.8) is 0 Å². The number of hydrogen-bond donors (Lipinski definition) is 2. The SMILES string of the molecule is O=C(COc1ccc(Cl)c(F)c1)N[C@H]1C[C@H]2C[C@@H]1C[C@@H]2NC(=O)[C@H]1CC(=O)c2cc(Cl)ccc2O1. The van der Waals surface area contributed by atoms with Crippen molar-refractivity contribution in [1.82, 2.24) is 10.6 Å². The van der Waals surface area contributed by atoms with Crippen LogP contribution in [0.4, 0.5) is 4.39 Å². The molecule has 0 saturated heterocycles. The van der Waals surface area contributed by atoms with Gasteiger partial charge < -0.3 is 20.1 Å². The largest absolute Gasteiger partial charge is 0.484 e. The van der Waals surface area contributed by atoms with Crippen molar-refractivity contribution < 1.29 is 28.2 Å². The molecule has 7 nitrogen and oxygen atoms in total. The van der Waals surface area contributed by atoms with Crippen molar-refractivity contribution in [2.24, 2.45) is 11.8 Å². The highest BCUT2D eigenvalue weighted by molar-refractivity contribution is 6.31. The van der Waals surface area contributed by atoms with Crippen LogP contribution in [-0.4, -0.2) is 42.4 Å². The minimum atomic E-state index is -0.874. The smallest absolute Gasteiger partial charge is 0.261 e. The monoisotopic (exact) mass is 520 g/mol. The van der Waals surface area contributed by atoms with Crippen molar-refractivity contribution >= 4 is 40.8 Å². The molecule has 184 valence electrons. The third-order valence-electron chi connectivity index (χ3n) is 6.97. The van der Waals surface area contributed by atoms with Crippen LogP contribution < -0.4 is 20.1 Å². The molecule has 0 unspecified atom stereocenters. The Hall–Kier alpha value is -2.84. The Labute approximate surface area is 211 Å². The van der Waals surface area contributed by atoms with Gasteiger partial charge in [-0.15, -0.1) is 0 Å². The zero-order valence-corrected chi connectivity index (χ0v) is 20.1. The summed E-state index contributed by atoms with van der Waals surface area (Å²) in [5, 5.41) is 6.47. The minimum Gasteiger partial charge on any atom is -0.484 e. The van der Waals surface area contributed by atoms with Gasteiger partial charge in [0.25, 0.3) is 11.8 Å². The first-order valence-corrected chi connectivity index (χ1v) is 12.2. The van der Waals surface area contributed by atoms with Crippen LogP contribution in [0.25, 0.3) is 0 Å². The number of benzene rings is 2. The van der Waals surface area contributed by atoms with E-state index in [-0.39, 0.29) is 65.3 Å². The molecule has 0 aromatic heterocycles. The molecule has 2 bridgehead atoms. The molecule has 2 N–H and O–H groups in total. The first-order valence-electron chi connectivity index (χ1n) is 11.4. The second kappa shape index (κ2) is 9.66. The van der Waals surface area contributed by atoms with Gasteiger partial charge in [-0.3, -0.25) is 14.4 Å². The number of rotatable bonds is 6. The van der Waals surface area contributed by atoms with Crippen LogP contribution in [0.5, 0.6) is 11.5 Å². The maximum Gasteiger partial charge on any atom is 0.261 e. The maximum absolute atomic E-state index is 13.5. The molecule has 5 atom stereocenters. The summed E-state index contributed by atoms with van der Waals surface area (Å²) < 4.78 is 24.6. The van der Waals surface area contributed by atoms with E-state index in [4.69, 9.17) is 32.7 Å². The molecule has 5 rings (SSSR count). The van der Waals surface area contributed by atoms with Crippen molar-refractivity contribution in [3.8, 4) is 11.5 Å². The fraction of sp³-hybridized carbons (Fsp3) is 0.400. The average molecular weight is 521 g/mol. The number of carbonyl (C=O) groups excluding carboxylic acids is 3. The summed E-state index contributed by atoms with van der Waals surface area (Å²) in [6, 6.07) is 8.76. The molecule has 2 aromatic carbocycles. The van der Waals surface area contributed by atoms with Gasteiger partial charge in [0.2, 0.25) is 0 Å². The molecule has 10 heteroatoms. The highest BCUT2D eigenvalue weighted by Crippen LogP contribution is 2.45. The van der Waals surface area contributed by atoms with Gasteiger partial charge in [-0.25, -0.2) is 4.39 Å². The maximum atomic E-state index is 13.5. The van der Waals surface area contributed by atoms with E-state index in [9.17, 15) is 18.8 Å². The van der Waals surface area contributed by atoms with Crippen LogP contribution in [0.15, 0.2) is 36.4 Å². The molecule has 2 saturated carbocycles. The number of halogens is 3. The number of Topliss-reactive ketones (excluding diaryl/α,β-unsaturated/α-hetero) is 1. The standard InChI is InChI=1S/C25H23Cl2FN2O5/c26-14-1-4-22-16(8-14)21(31)10-23(35-22)25(33)30-20-7-12-5-13(20)6-19(12)29-24(32)11-34-15-2-3-17(27)18(28)9-15/h1-4,8-9,12-13,19-20,23H,5-7,10-11H2,(H,29,32)(H,30,33)/t12-,13-,19+,20+,23-/m1/s1. The van der Waals surface area contributed by atoms with E-state index < -0.39 is 11.9 Å². The predicted molar refractivity (Wildman–Crippen MR) is 126 cm³/mol. The van der Waals surface area contributed by atoms with E-state index in [1.807, 2.05) is 0 Å². The van der Waals surface area contributed by atoms with Gasteiger partial charge in [0, 0.05) is 23.2 Å². The van der Waals surface area contributed by atoms with Crippen LogP contribution in [-0.2, 0) is 9.59 Å². The van der Waals surface area contributed by atoms with E-state index >= 15 is 0 Å². The number of fused-ring (bicyclic) bond motifs is 3. The van der Waals surface area contributed by atoms with Gasteiger partial charge in [0.15, 0.2) is 18.5 Å². The van der Waals surface area contributed by atoms with Gasteiger partial charge in [0.05, 0.1) is 17.0 Å². The van der Waals surface area contributed by atoms with Crippen molar-refractivity contribution in [2.75, 3.05) is 6.61 Å². The summed E-state index contributed by atoms with van der Waals surface area (Å²) in [5.41, 5.74) is 0.394. The molecule has 2 aliphatic carbocycles. The van der Waals surface area contributed by atoms with Gasteiger partial charge in [-0.05, 0) is 61.4 Å². The van der Waals surface area contributed by atoms with Crippen molar-refractivity contribution in [3.05, 3.63) is 57.8 Å². The zero-order chi connectivity index (χ0) is 24.7. The molecule has 0 radical (unpaired) electrons. The summed E-state index contributed by atoms with van der Waals surface area (Å²) in [6.45, 7) is -0.227. The third-order valence-corrected chi connectivity index (χ3v) is 7.51. The lowest BCUT2D eigenvalue weighted by Gasteiger charge is -2.31. The topological polar surface area (TPSA) is 93.7 Å². The molecule has 2 fully saturated rings. The van der Waals surface area contributed by atoms with E-state index in [0.717, 1.165) is 25.3 Å².